The van der Waals surface area contributed by atoms with Crippen molar-refractivity contribution in [3.05, 3.63) is 40.4 Å². The van der Waals surface area contributed by atoms with Gasteiger partial charge in [0.15, 0.2) is 0 Å². The first kappa shape index (κ1) is 11.6. The zero-order valence-electron chi connectivity index (χ0n) is 9.94. The average molecular weight is 263 g/mol. The van der Waals surface area contributed by atoms with Crippen LogP contribution >= 0.6 is 11.6 Å². The quantitative estimate of drug-likeness (QED) is 0.786. The normalized spacial score (nSPS) is 28.4. The Kier molecular flexibility index (Phi) is 2.59. The second kappa shape index (κ2) is 4.02. The van der Waals surface area contributed by atoms with Gasteiger partial charge in [-0.25, -0.2) is 0 Å². The molecule has 94 valence electrons. The van der Waals surface area contributed by atoms with Crippen molar-refractivity contribution in [3.8, 4) is 0 Å². The fourth-order valence-electron chi connectivity index (χ4n) is 3.02. The lowest BCUT2D eigenvalue weighted by Crippen LogP contribution is -2.49. The lowest BCUT2D eigenvalue weighted by Gasteiger charge is -2.38. The summed E-state index contributed by atoms with van der Waals surface area (Å²) in [5.74, 6) is -0.845. The highest BCUT2D eigenvalue weighted by Crippen LogP contribution is 2.46. The van der Waals surface area contributed by atoms with E-state index in [0.29, 0.717) is 5.02 Å². The molecule has 2 aliphatic rings. The molecule has 0 unspecified atom stereocenters. The third kappa shape index (κ3) is 1.54. The summed E-state index contributed by atoms with van der Waals surface area (Å²) in [6.45, 7) is 1.90. The number of aliphatic carboxylic acids is 1. The van der Waals surface area contributed by atoms with Crippen LogP contribution in [0.3, 0.4) is 0 Å². The molecular formula is C14H13ClNO2-. The molecule has 1 heterocycles. The van der Waals surface area contributed by atoms with Crippen LogP contribution in [0, 0.1) is 12.8 Å². The van der Waals surface area contributed by atoms with Gasteiger partial charge in [-0.2, -0.15) is 0 Å². The zero-order valence-corrected chi connectivity index (χ0v) is 10.7. The number of carboxylic acids is 1. The van der Waals surface area contributed by atoms with Crippen LogP contribution in [0.25, 0.3) is 0 Å². The summed E-state index contributed by atoms with van der Waals surface area (Å²) in [5.41, 5.74) is 2.89. The third-order valence-corrected chi connectivity index (χ3v) is 4.39. The number of carboxylic acid groups (broad SMARTS) is 1. The Morgan fingerprint density at radius 1 is 1.50 bits per heavy atom. The van der Waals surface area contributed by atoms with Crippen LogP contribution in [0.15, 0.2) is 24.3 Å². The number of fused-ring (bicyclic) bond motifs is 3. The van der Waals surface area contributed by atoms with Gasteiger partial charge in [0.2, 0.25) is 0 Å². The van der Waals surface area contributed by atoms with Crippen molar-refractivity contribution in [2.24, 2.45) is 5.92 Å². The maximum Gasteiger partial charge on any atom is 0.0698 e. The number of hydrogen-bond acceptors (Lipinski definition) is 3. The SMILES string of the molecule is Cc1c(Cl)ccc2c1N[C@@H](C(=O)[O-])[C@H]1CC=C[C@H]21. The first-order valence-corrected chi connectivity index (χ1v) is 6.40. The zero-order chi connectivity index (χ0) is 12.9. The molecule has 1 aromatic carbocycles. The largest absolute Gasteiger partial charge is 0.548 e. The molecule has 1 aromatic rings. The molecule has 1 aliphatic carbocycles. The Morgan fingerprint density at radius 3 is 3.00 bits per heavy atom. The molecule has 4 heteroatoms. The van der Waals surface area contributed by atoms with E-state index in [1.165, 1.54) is 0 Å². The number of benzene rings is 1. The maximum atomic E-state index is 11.3. The van der Waals surface area contributed by atoms with Crippen molar-refractivity contribution in [1.29, 1.82) is 0 Å². The van der Waals surface area contributed by atoms with E-state index in [0.717, 1.165) is 23.2 Å². The van der Waals surface area contributed by atoms with E-state index >= 15 is 0 Å². The molecule has 3 atom stereocenters. The first-order valence-electron chi connectivity index (χ1n) is 6.02. The lowest BCUT2D eigenvalue weighted by atomic mass is 9.78. The Labute approximate surface area is 110 Å². The molecule has 18 heavy (non-hydrogen) atoms. The van der Waals surface area contributed by atoms with Crippen molar-refractivity contribution in [3.63, 3.8) is 0 Å². The minimum Gasteiger partial charge on any atom is -0.548 e. The lowest BCUT2D eigenvalue weighted by molar-refractivity contribution is -0.308. The van der Waals surface area contributed by atoms with Crippen LogP contribution in [-0.4, -0.2) is 12.0 Å². The summed E-state index contributed by atoms with van der Waals surface area (Å²) < 4.78 is 0. The van der Waals surface area contributed by atoms with Crippen LogP contribution in [0.4, 0.5) is 5.69 Å². The highest BCUT2D eigenvalue weighted by Gasteiger charge is 2.38. The van der Waals surface area contributed by atoms with E-state index in [1.54, 1.807) is 0 Å². The predicted molar refractivity (Wildman–Crippen MR) is 68.6 cm³/mol. The Hall–Kier alpha value is -1.48. The van der Waals surface area contributed by atoms with Crippen molar-refractivity contribution in [2.75, 3.05) is 5.32 Å². The molecule has 3 nitrogen and oxygen atoms in total. The van der Waals surface area contributed by atoms with Gasteiger partial charge >= 0.3 is 0 Å². The second-order valence-electron chi connectivity index (χ2n) is 4.93. The Bertz CT molecular complexity index is 553. The third-order valence-electron chi connectivity index (χ3n) is 3.99. The van der Waals surface area contributed by atoms with E-state index in [9.17, 15) is 9.90 Å². The van der Waals surface area contributed by atoms with Crippen LogP contribution in [-0.2, 0) is 4.79 Å². The number of anilines is 1. The number of halogens is 1. The highest BCUT2D eigenvalue weighted by molar-refractivity contribution is 6.31. The predicted octanol–water partition coefficient (Wildman–Crippen LogP) is 1.85. The molecule has 3 rings (SSSR count). The fraction of sp³-hybridized carbons (Fsp3) is 0.357. The molecule has 0 aromatic heterocycles. The van der Waals surface area contributed by atoms with Crippen LogP contribution in [0.5, 0.6) is 0 Å². The number of nitrogens with one attached hydrogen (secondary N) is 1. The van der Waals surface area contributed by atoms with Crippen LogP contribution in [0.1, 0.15) is 23.5 Å². The van der Waals surface area contributed by atoms with E-state index in [2.05, 4.69) is 11.4 Å². The number of allylic oxidation sites excluding steroid dienone is 2. The van der Waals surface area contributed by atoms with E-state index in [-0.39, 0.29) is 11.8 Å². The molecule has 0 bridgehead atoms. The van der Waals surface area contributed by atoms with E-state index in [4.69, 9.17) is 11.6 Å². The van der Waals surface area contributed by atoms with Gasteiger partial charge < -0.3 is 15.2 Å². The van der Waals surface area contributed by atoms with Crippen molar-refractivity contribution in [1.82, 2.24) is 0 Å². The molecule has 0 saturated carbocycles. The van der Waals surface area contributed by atoms with Crippen LogP contribution in [0.2, 0.25) is 5.02 Å². The van der Waals surface area contributed by atoms with Gasteiger partial charge in [-0.3, -0.25) is 0 Å². The molecule has 0 amide bonds. The van der Waals surface area contributed by atoms with Crippen LogP contribution < -0.4 is 10.4 Å². The minimum absolute atomic E-state index is 0.0445. The molecule has 1 N–H and O–H groups in total. The number of hydrogen-bond donors (Lipinski definition) is 1. The van der Waals surface area contributed by atoms with Gasteiger partial charge in [0.05, 0.1) is 12.0 Å². The summed E-state index contributed by atoms with van der Waals surface area (Å²) >= 11 is 6.09. The summed E-state index contributed by atoms with van der Waals surface area (Å²) in [7, 11) is 0. The number of carbonyl (C=O) groups excluding carboxylic acids is 1. The van der Waals surface area contributed by atoms with Gasteiger partial charge in [-0.05, 0) is 36.5 Å². The van der Waals surface area contributed by atoms with Crippen molar-refractivity contribution >= 4 is 23.3 Å². The summed E-state index contributed by atoms with van der Waals surface area (Å²) in [5, 5.41) is 15.0. The Balaban J connectivity index is 2.14. The minimum atomic E-state index is -1.04. The van der Waals surface area contributed by atoms with E-state index < -0.39 is 12.0 Å². The molecule has 0 fully saturated rings. The van der Waals surface area contributed by atoms with Crippen molar-refractivity contribution in [2.45, 2.75) is 25.3 Å². The van der Waals surface area contributed by atoms with Crippen molar-refractivity contribution < 1.29 is 9.90 Å². The average Bonchev–Trinajstić information content (AvgIpc) is 2.81. The first-order chi connectivity index (χ1) is 8.59. The topological polar surface area (TPSA) is 52.2 Å². The monoisotopic (exact) mass is 262 g/mol. The summed E-state index contributed by atoms with van der Waals surface area (Å²) in [6, 6.07) is 3.21. The van der Waals surface area contributed by atoms with Gasteiger partial charge in [-0.1, -0.05) is 29.8 Å². The molecule has 0 saturated heterocycles. The van der Waals surface area contributed by atoms with Gasteiger partial charge in [0.1, 0.15) is 0 Å². The number of rotatable bonds is 1. The molecule has 0 radical (unpaired) electrons. The van der Waals surface area contributed by atoms with Gasteiger partial charge in [-0.15, -0.1) is 0 Å². The molecule has 1 aliphatic heterocycles. The maximum absolute atomic E-state index is 11.3. The second-order valence-corrected chi connectivity index (χ2v) is 5.34. The van der Waals surface area contributed by atoms with Gasteiger partial charge in [0.25, 0.3) is 0 Å². The summed E-state index contributed by atoms with van der Waals surface area (Å²) in [6.07, 6.45) is 4.91. The smallest absolute Gasteiger partial charge is 0.0698 e. The highest BCUT2D eigenvalue weighted by atomic mass is 35.5. The molecular weight excluding hydrogens is 250 g/mol. The fourth-order valence-corrected chi connectivity index (χ4v) is 3.18. The Morgan fingerprint density at radius 2 is 2.28 bits per heavy atom. The molecule has 0 spiro atoms. The van der Waals surface area contributed by atoms with Gasteiger partial charge in [0, 0.05) is 16.6 Å². The standard InChI is InChI=1S/C14H14ClNO2/c1-7-11(15)6-5-10-8-3-2-4-9(8)13(14(17)18)16-12(7)10/h2-3,5-6,8-9,13,16H,4H2,1H3,(H,17,18)/p-1/t8-,9-,13+/m0/s1. The van der Waals surface area contributed by atoms with E-state index in [1.807, 2.05) is 25.1 Å². The number of carbonyl (C=O) groups is 1. The summed E-state index contributed by atoms with van der Waals surface area (Å²) in [4.78, 5) is 11.3.